The summed E-state index contributed by atoms with van der Waals surface area (Å²) < 4.78 is 28.9. The lowest BCUT2D eigenvalue weighted by atomic mass is 10.2. The Balaban J connectivity index is 0.00000225. The highest BCUT2D eigenvalue weighted by atomic mass is 35.5. The maximum absolute atomic E-state index is 14.6. The Labute approximate surface area is 163 Å². The molecule has 0 aliphatic carbocycles. The molecule has 0 bridgehead atoms. The lowest BCUT2D eigenvalue weighted by Crippen LogP contribution is -2.38. The van der Waals surface area contributed by atoms with E-state index in [4.69, 9.17) is 5.73 Å². The smallest absolute Gasteiger partial charge is 0.369 e. The van der Waals surface area contributed by atoms with E-state index in [-0.39, 0.29) is 45.5 Å². The van der Waals surface area contributed by atoms with Crippen LogP contribution in [-0.2, 0) is 0 Å². The van der Waals surface area contributed by atoms with Crippen LogP contribution in [0.5, 0.6) is 0 Å². The van der Waals surface area contributed by atoms with Gasteiger partial charge in [0.15, 0.2) is 0 Å². The maximum Gasteiger partial charge on any atom is 0.369 e. The van der Waals surface area contributed by atoms with Crippen LogP contribution >= 0.6 is 12.4 Å². The number of halogens is 3. The molecule has 0 spiro atoms. The minimum atomic E-state index is -1.03. The summed E-state index contributed by atoms with van der Waals surface area (Å²) >= 11 is 0. The van der Waals surface area contributed by atoms with Crippen molar-refractivity contribution in [3.63, 3.8) is 0 Å². The maximum atomic E-state index is 14.6. The monoisotopic (exact) mass is 410 g/mol. The predicted octanol–water partition coefficient (Wildman–Crippen LogP) is 1.63. The van der Waals surface area contributed by atoms with Crippen molar-refractivity contribution in [2.24, 2.45) is 5.73 Å². The molecule has 1 fully saturated rings. The van der Waals surface area contributed by atoms with E-state index >= 15 is 0 Å². The zero-order valence-electron chi connectivity index (χ0n) is 14.5. The van der Waals surface area contributed by atoms with Gasteiger partial charge in [-0.1, -0.05) is 4.73 Å². The molecule has 7 nitrogen and oxygen atoms in total. The van der Waals surface area contributed by atoms with Crippen LogP contribution in [0.25, 0.3) is 16.6 Å². The first-order valence-corrected chi connectivity index (χ1v) is 8.34. The number of hydrogen-bond acceptors (Lipinski definition) is 5. The van der Waals surface area contributed by atoms with Gasteiger partial charge in [0.05, 0.1) is 22.3 Å². The minimum Gasteiger partial charge on any atom is -0.421 e. The number of rotatable bonds is 2. The first-order valence-electron chi connectivity index (χ1n) is 8.34. The molecule has 0 radical (unpaired) electrons. The molecule has 1 saturated heterocycles. The van der Waals surface area contributed by atoms with Crippen LogP contribution in [0.3, 0.4) is 0 Å². The van der Waals surface area contributed by atoms with Crippen LogP contribution in [0.4, 0.5) is 14.5 Å². The molecule has 28 heavy (non-hydrogen) atoms. The zero-order valence-corrected chi connectivity index (χ0v) is 15.3. The van der Waals surface area contributed by atoms with Crippen molar-refractivity contribution in [3.05, 3.63) is 68.9 Å². The molecule has 2 aromatic carbocycles. The van der Waals surface area contributed by atoms with E-state index in [1.54, 1.807) is 4.90 Å². The molecule has 148 valence electrons. The van der Waals surface area contributed by atoms with E-state index in [9.17, 15) is 23.6 Å². The molecule has 1 aliphatic rings. The van der Waals surface area contributed by atoms with Crippen molar-refractivity contribution >= 4 is 29.0 Å². The van der Waals surface area contributed by atoms with Crippen LogP contribution in [0, 0.1) is 11.6 Å². The summed E-state index contributed by atoms with van der Waals surface area (Å²) in [6.45, 7) is 0.988. The Morgan fingerprint density at radius 3 is 2.39 bits per heavy atom. The lowest BCUT2D eigenvalue weighted by molar-refractivity contribution is 0.160. The van der Waals surface area contributed by atoms with E-state index in [0.29, 0.717) is 19.5 Å². The minimum absolute atomic E-state index is 0. The molecule has 1 atom stereocenters. The van der Waals surface area contributed by atoms with Crippen LogP contribution in [0.1, 0.15) is 6.42 Å². The largest absolute Gasteiger partial charge is 0.421 e. The molecule has 3 aromatic rings. The van der Waals surface area contributed by atoms with Gasteiger partial charge in [0.1, 0.15) is 11.6 Å². The van der Waals surface area contributed by atoms with Crippen LogP contribution in [0.15, 0.2) is 46.0 Å². The van der Waals surface area contributed by atoms with E-state index < -0.39 is 22.9 Å². The van der Waals surface area contributed by atoms with Gasteiger partial charge in [-0.05, 0) is 42.8 Å². The fourth-order valence-electron chi connectivity index (χ4n) is 3.39. The molecule has 1 aromatic heterocycles. The summed E-state index contributed by atoms with van der Waals surface area (Å²) in [5.74, 6) is -1.16. The molecule has 2 heterocycles. The van der Waals surface area contributed by atoms with Crippen molar-refractivity contribution in [3.8, 4) is 5.69 Å². The standard InChI is InChI=1S/C18H16F2N4O3.ClH/c19-10-1-3-12(4-2-10)23-15-8-16(22-6-5-11(21)9-22)14(20)7-13(15)17(25)24(27)18(23)26;/h1-4,7-8,11,27H,5-6,9,21H2;1H. The Bertz CT molecular complexity index is 1160. The summed E-state index contributed by atoms with van der Waals surface area (Å²) in [6, 6.07) is 7.22. The van der Waals surface area contributed by atoms with Gasteiger partial charge in [-0.25, -0.2) is 13.6 Å². The Kier molecular flexibility index (Phi) is 5.14. The van der Waals surface area contributed by atoms with E-state index in [0.717, 1.165) is 22.8 Å². The summed E-state index contributed by atoms with van der Waals surface area (Å²) in [7, 11) is 0. The second-order valence-electron chi connectivity index (χ2n) is 6.53. The Morgan fingerprint density at radius 2 is 1.79 bits per heavy atom. The summed E-state index contributed by atoms with van der Waals surface area (Å²) in [6.07, 6.45) is 0.695. The SMILES string of the molecule is Cl.NC1CCN(c2cc3c(cc2F)c(=O)n(O)c(=O)n3-c2ccc(F)cc2)C1. The molecule has 10 heteroatoms. The zero-order chi connectivity index (χ0) is 19.3. The van der Waals surface area contributed by atoms with Crippen molar-refractivity contribution in [1.29, 1.82) is 0 Å². The fourth-order valence-corrected chi connectivity index (χ4v) is 3.39. The van der Waals surface area contributed by atoms with Crippen molar-refractivity contribution < 1.29 is 14.0 Å². The predicted molar refractivity (Wildman–Crippen MR) is 103 cm³/mol. The highest BCUT2D eigenvalue weighted by molar-refractivity contribution is 5.85. The number of anilines is 1. The molecule has 0 amide bonds. The molecular weight excluding hydrogens is 394 g/mol. The van der Waals surface area contributed by atoms with Crippen LogP contribution < -0.4 is 21.9 Å². The van der Waals surface area contributed by atoms with E-state index in [1.807, 2.05) is 0 Å². The quantitative estimate of drug-likeness (QED) is 0.626. The highest BCUT2D eigenvalue weighted by Gasteiger charge is 2.24. The first kappa shape index (κ1) is 19.8. The number of fused-ring (bicyclic) bond motifs is 1. The number of nitrogens with two attached hydrogens (primary N) is 1. The Hall–Kier alpha value is -2.91. The summed E-state index contributed by atoms with van der Waals surface area (Å²) in [4.78, 5) is 26.5. The van der Waals surface area contributed by atoms with Crippen molar-refractivity contribution in [1.82, 2.24) is 9.30 Å². The fraction of sp³-hybridized carbons (Fsp3) is 0.222. The van der Waals surface area contributed by atoms with Gasteiger partial charge in [0, 0.05) is 19.1 Å². The van der Waals surface area contributed by atoms with Crippen LogP contribution in [-0.4, -0.2) is 33.6 Å². The third kappa shape index (κ3) is 3.12. The second kappa shape index (κ2) is 7.25. The summed E-state index contributed by atoms with van der Waals surface area (Å²) in [5, 5.41) is 9.68. The third-order valence-corrected chi connectivity index (χ3v) is 4.75. The number of nitrogens with zero attached hydrogens (tertiary/aromatic N) is 3. The number of aromatic nitrogens is 2. The van der Waals surface area contributed by atoms with Gasteiger partial charge in [-0.15, -0.1) is 12.4 Å². The molecule has 1 unspecified atom stereocenters. The number of benzene rings is 2. The highest BCUT2D eigenvalue weighted by Crippen LogP contribution is 2.27. The second-order valence-corrected chi connectivity index (χ2v) is 6.53. The van der Waals surface area contributed by atoms with Gasteiger partial charge < -0.3 is 15.8 Å². The first-order chi connectivity index (χ1) is 12.9. The molecule has 1 aliphatic heterocycles. The molecule has 4 rings (SSSR count). The van der Waals surface area contributed by atoms with Gasteiger partial charge in [-0.3, -0.25) is 9.36 Å². The van der Waals surface area contributed by atoms with Gasteiger partial charge in [0.25, 0.3) is 5.56 Å². The average Bonchev–Trinajstić information content (AvgIpc) is 3.08. The lowest BCUT2D eigenvalue weighted by Gasteiger charge is -2.20. The number of hydrogen-bond donors (Lipinski definition) is 2. The topological polar surface area (TPSA) is 93.5 Å². The molecule has 3 N–H and O–H groups in total. The third-order valence-electron chi connectivity index (χ3n) is 4.75. The van der Waals surface area contributed by atoms with Crippen LogP contribution in [0.2, 0.25) is 0 Å². The van der Waals surface area contributed by atoms with Crippen molar-refractivity contribution in [2.75, 3.05) is 18.0 Å². The van der Waals surface area contributed by atoms with Crippen molar-refractivity contribution in [2.45, 2.75) is 12.5 Å². The average molecular weight is 411 g/mol. The van der Waals surface area contributed by atoms with Gasteiger partial charge in [-0.2, -0.15) is 0 Å². The van der Waals surface area contributed by atoms with E-state index in [2.05, 4.69) is 0 Å². The normalized spacial score (nSPS) is 16.4. The van der Waals surface area contributed by atoms with Gasteiger partial charge >= 0.3 is 5.69 Å². The van der Waals surface area contributed by atoms with E-state index in [1.165, 1.54) is 18.2 Å². The Morgan fingerprint density at radius 1 is 1.11 bits per heavy atom. The summed E-state index contributed by atoms with van der Waals surface area (Å²) in [5.41, 5.74) is 4.37. The van der Waals surface area contributed by atoms with Gasteiger partial charge in [0.2, 0.25) is 0 Å². The molecular formula is C18H17ClF2N4O3. The molecule has 0 saturated carbocycles.